The number of nitrogens with zero attached hydrogens (tertiary/aromatic N) is 1. The molecule has 0 N–H and O–H groups in total. The molecule has 1 heterocycles. The van der Waals surface area contributed by atoms with Crippen LogP contribution in [0, 0.1) is 0 Å². The lowest BCUT2D eigenvalue weighted by Crippen LogP contribution is -2.10. The number of carbonyl (C=O) groups is 2. The normalized spacial score (nSPS) is 11.2. The van der Waals surface area contributed by atoms with Crippen molar-refractivity contribution in [3.63, 3.8) is 0 Å². The van der Waals surface area contributed by atoms with Crippen LogP contribution >= 0.6 is 11.3 Å². The Labute approximate surface area is 346 Å². The summed E-state index contributed by atoms with van der Waals surface area (Å²) < 4.78 is 23.6. The van der Waals surface area contributed by atoms with E-state index in [-0.39, 0.29) is 5.97 Å². The highest BCUT2D eigenvalue weighted by molar-refractivity contribution is 7.08. The predicted octanol–water partition coefficient (Wildman–Crippen LogP) is 14.5. The molecule has 0 bridgehead atoms. The van der Waals surface area contributed by atoms with Gasteiger partial charge in [0.2, 0.25) is 0 Å². The summed E-state index contributed by atoms with van der Waals surface area (Å²) in [5, 5.41) is 3.60. The Morgan fingerprint density at radius 2 is 1.00 bits per heavy atom. The quantitative estimate of drug-likeness (QED) is 0.0226. The van der Waals surface area contributed by atoms with E-state index in [0.29, 0.717) is 53.0 Å². The van der Waals surface area contributed by atoms with Crippen LogP contribution in [0.2, 0.25) is 0 Å². The number of ether oxygens (including phenoxy) is 4. The molecule has 3 aromatic carbocycles. The number of rotatable bonds is 30. The number of benzene rings is 3. The molecule has 7 nitrogen and oxygen atoms in total. The van der Waals surface area contributed by atoms with Crippen LogP contribution in [0.25, 0.3) is 0 Å². The predicted molar refractivity (Wildman–Crippen MR) is 235 cm³/mol. The zero-order chi connectivity index (χ0) is 40.2. The van der Waals surface area contributed by atoms with Crippen LogP contribution in [0.4, 0.5) is 5.69 Å². The first-order valence-corrected chi connectivity index (χ1v) is 22.6. The molecule has 8 heteroatoms. The van der Waals surface area contributed by atoms with E-state index in [4.69, 9.17) is 18.9 Å². The van der Waals surface area contributed by atoms with Crippen LogP contribution in [-0.4, -0.2) is 31.4 Å². The highest BCUT2D eigenvalue weighted by Gasteiger charge is 2.15. The van der Waals surface area contributed by atoms with E-state index in [0.717, 1.165) is 31.2 Å². The number of carbonyl (C=O) groups excluding carboxylic acids is 2. The second kappa shape index (κ2) is 28.0. The van der Waals surface area contributed by atoms with Gasteiger partial charge in [-0.05, 0) is 96.6 Å². The number of esters is 2. The average molecular weight is 796 g/mol. The maximum absolute atomic E-state index is 13.3. The molecule has 0 atom stereocenters. The van der Waals surface area contributed by atoms with Gasteiger partial charge in [0.15, 0.2) is 11.5 Å². The van der Waals surface area contributed by atoms with Crippen LogP contribution in [0.15, 0.2) is 88.5 Å². The maximum atomic E-state index is 13.3. The fourth-order valence-electron chi connectivity index (χ4n) is 6.49. The summed E-state index contributed by atoms with van der Waals surface area (Å²) >= 11 is 1.45. The van der Waals surface area contributed by atoms with Gasteiger partial charge in [-0.3, -0.25) is 4.99 Å². The highest BCUT2D eigenvalue weighted by Crippen LogP contribution is 2.30. The maximum Gasteiger partial charge on any atom is 0.344 e. The molecule has 0 aliphatic carbocycles. The van der Waals surface area contributed by atoms with Gasteiger partial charge in [-0.25, -0.2) is 9.59 Å². The van der Waals surface area contributed by atoms with Gasteiger partial charge in [-0.15, -0.1) is 0 Å². The summed E-state index contributed by atoms with van der Waals surface area (Å²) in [4.78, 5) is 30.0. The standard InChI is InChI=1S/C49H65NO6S/c1-3-5-7-9-11-13-15-17-19-21-34-53-46-32-25-41(37-47(46)54-35-22-20-18-16-14-12-10-8-6-4-2)48(51)55-45-30-26-43(27-31-45)50-38-40-23-28-44(29-24-40)56-49(52)42-33-36-57-39-42/h23-33,36-39H,3-22,34-35H2,1-2H3. The van der Waals surface area contributed by atoms with Crippen LogP contribution in [0.3, 0.4) is 0 Å². The Morgan fingerprint density at radius 3 is 1.51 bits per heavy atom. The van der Waals surface area contributed by atoms with Crippen molar-refractivity contribution in [2.75, 3.05) is 13.2 Å². The Morgan fingerprint density at radius 1 is 0.526 bits per heavy atom. The molecule has 0 saturated heterocycles. The first-order valence-electron chi connectivity index (χ1n) is 21.7. The van der Waals surface area contributed by atoms with Crippen molar-refractivity contribution in [3.8, 4) is 23.0 Å². The van der Waals surface area contributed by atoms with Gasteiger partial charge in [0.25, 0.3) is 0 Å². The molecule has 308 valence electrons. The van der Waals surface area contributed by atoms with Crippen LogP contribution in [-0.2, 0) is 0 Å². The molecule has 0 fully saturated rings. The van der Waals surface area contributed by atoms with Crippen LogP contribution < -0.4 is 18.9 Å². The Hall–Kier alpha value is -4.43. The molecular weight excluding hydrogens is 731 g/mol. The number of hydrogen-bond acceptors (Lipinski definition) is 8. The lowest BCUT2D eigenvalue weighted by Gasteiger charge is -2.14. The molecule has 0 spiro atoms. The average Bonchev–Trinajstić information content (AvgIpc) is 3.78. The summed E-state index contributed by atoms with van der Waals surface area (Å²) in [7, 11) is 0. The zero-order valence-electron chi connectivity index (χ0n) is 34.5. The van der Waals surface area contributed by atoms with E-state index < -0.39 is 5.97 Å². The van der Waals surface area contributed by atoms with Crippen molar-refractivity contribution in [1.29, 1.82) is 0 Å². The van der Waals surface area contributed by atoms with Gasteiger partial charge < -0.3 is 18.9 Å². The van der Waals surface area contributed by atoms with E-state index in [1.807, 2.05) is 23.6 Å². The Bertz CT molecular complexity index is 1700. The Kier molecular flexibility index (Phi) is 22.3. The number of unbranched alkanes of at least 4 members (excludes halogenated alkanes) is 18. The summed E-state index contributed by atoms with van der Waals surface area (Å²) in [6.07, 6.45) is 27.1. The van der Waals surface area contributed by atoms with E-state index in [1.54, 1.807) is 66.2 Å². The topological polar surface area (TPSA) is 83.4 Å². The molecule has 0 unspecified atom stereocenters. The van der Waals surface area contributed by atoms with Crippen molar-refractivity contribution < 1.29 is 28.5 Å². The molecule has 0 saturated carbocycles. The van der Waals surface area contributed by atoms with Crippen LogP contribution in [0.1, 0.15) is 169 Å². The molecular formula is C49H65NO6S. The SMILES string of the molecule is CCCCCCCCCCCCOc1ccc(C(=O)Oc2ccc(N=Cc3ccc(OC(=O)c4ccsc4)cc3)cc2)cc1OCCCCCCCCCCCC. The van der Waals surface area contributed by atoms with Crippen molar-refractivity contribution >= 4 is 35.2 Å². The summed E-state index contributed by atoms with van der Waals surface area (Å²) in [5.74, 6) is 1.30. The first kappa shape index (κ1) is 45.3. The van der Waals surface area contributed by atoms with Crippen molar-refractivity contribution in [3.05, 3.63) is 100 Å². The van der Waals surface area contributed by atoms with Crippen molar-refractivity contribution in [1.82, 2.24) is 0 Å². The monoisotopic (exact) mass is 795 g/mol. The molecule has 0 aliphatic rings. The van der Waals surface area contributed by atoms with Gasteiger partial charge in [0, 0.05) is 11.6 Å². The Balaban J connectivity index is 1.25. The van der Waals surface area contributed by atoms with Gasteiger partial charge in [0.05, 0.1) is 30.0 Å². The lowest BCUT2D eigenvalue weighted by atomic mass is 10.1. The summed E-state index contributed by atoms with van der Waals surface area (Å²) in [6, 6.07) is 21.2. The van der Waals surface area contributed by atoms with Gasteiger partial charge in [-0.2, -0.15) is 11.3 Å². The molecule has 0 aliphatic heterocycles. The van der Waals surface area contributed by atoms with E-state index in [2.05, 4.69) is 18.8 Å². The fourth-order valence-corrected chi connectivity index (χ4v) is 7.12. The number of hydrogen-bond donors (Lipinski definition) is 0. The van der Waals surface area contributed by atoms with Crippen molar-refractivity contribution in [2.24, 2.45) is 4.99 Å². The third-order valence-electron chi connectivity index (χ3n) is 9.95. The van der Waals surface area contributed by atoms with Gasteiger partial charge in [-0.1, -0.05) is 129 Å². The van der Waals surface area contributed by atoms with Crippen LogP contribution in [0.5, 0.6) is 23.0 Å². The van der Waals surface area contributed by atoms with E-state index in [9.17, 15) is 9.59 Å². The minimum absolute atomic E-state index is 0.382. The molecule has 0 amide bonds. The molecule has 0 radical (unpaired) electrons. The van der Waals surface area contributed by atoms with Gasteiger partial charge in [0.1, 0.15) is 11.5 Å². The van der Waals surface area contributed by atoms with E-state index in [1.165, 1.54) is 114 Å². The smallest absolute Gasteiger partial charge is 0.344 e. The zero-order valence-corrected chi connectivity index (χ0v) is 35.3. The van der Waals surface area contributed by atoms with E-state index >= 15 is 0 Å². The fraction of sp³-hybridized carbons (Fsp3) is 0.490. The molecule has 4 rings (SSSR count). The summed E-state index contributed by atoms with van der Waals surface area (Å²) in [5.41, 5.74) is 2.49. The van der Waals surface area contributed by atoms with Gasteiger partial charge >= 0.3 is 11.9 Å². The number of aliphatic imine (C=N–C) groups is 1. The minimum atomic E-state index is -0.462. The molecule has 4 aromatic rings. The number of thiophene rings is 1. The largest absolute Gasteiger partial charge is 0.490 e. The minimum Gasteiger partial charge on any atom is -0.490 e. The highest BCUT2D eigenvalue weighted by atomic mass is 32.1. The molecule has 1 aromatic heterocycles. The third-order valence-corrected chi connectivity index (χ3v) is 10.6. The summed E-state index contributed by atoms with van der Waals surface area (Å²) in [6.45, 7) is 5.73. The first-order chi connectivity index (χ1) is 28.1. The molecule has 57 heavy (non-hydrogen) atoms. The van der Waals surface area contributed by atoms with Crippen molar-refractivity contribution in [2.45, 2.75) is 142 Å². The third kappa shape index (κ3) is 18.6. The second-order valence-electron chi connectivity index (χ2n) is 14.8. The lowest BCUT2D eigenvalue weighted by molar-refractivity contribution is 0.0725. The second-order valence-corrected chi connectivity index (χ2v) is 15.6.